The number of aliphatic imine (C=N–C) groups is 1. The maximum atomic E-state index is 5.47. The van der Waals surface area contributed by atoms with Crippen molar-refractivity contribution in [3.05, 3.63) is 0 Å². The van der Waals surface area contributed by atoms with Crippen molar-refractivity contribution in [2.75, 3.05) is 59.5 Å². The molecule has 0 aromatic rings. The molecule has 2 aliphatic rings. The van der Waals surface area contributed by atoms with E-state index in [9.17, 15) is 0 Å². The van der Waals surface area contributed by atoms with Crippen LogP contribution >= 0.6 is 24.0 Å². The van der Waals surface area contributed by atoms with Crippen LogP contribution in [0, 0.1) is 11.8 Å². The molecule has 0 aromatic heterocycles. The Kier molecular flexibility index (Phi) is 10.5. The van der Waals surface area contributed by atoms with Crippen molar-refractivity contribution < 1.29 is 4.74 Å². The van der Waals surface area contributed by atoms with E-state index >= 15 is 0 Å². The number of hydrogen-bond acceptors (Lipinski definition) is 3. The van der Waals surface area contributed by atoms with Crippen LogP contribution in [0.3, 0.4) is 0 Å². The van der Waals surface area contributed by atoms with Gasteiger partial charge in [0.05, 0.1) is 13.2 Å². The van der Waals surface area contributed by atoms with Gasteiger partial charge in [0.1, 0.15) is 0 Å². The van der Waals surface area contributed by atoms with Crippen molar-refractivity contribution in [1.29, 1.82) is 0 Å². The van der Waals surface area contributed by atoms with Gasteiger partial charge in [0.15, 0.2) is 5.96 Å². The Morgan fingerprint density at radius 3 is 2.65 bits per heavy atom. The Morgan fingerprint density at radius 1 is 1.30 bits per heavy atom. The SMILES string of the molecule is CCNC(=NCCN1CCC(C)CC1)N(C)CC1CCOC1.I. The van der Waals surface area contributed by atoms with E-state index < -0.39 is 0 Å². The molecule has 6 heteroatoms. The van der Waals surface area contributed by atoms with Crippen LogP contribution in [0.15, 0.2) is 4.99 Å². The average Bonchev–Trinajstić information content (AvgIpc) is 3.01. The van der Waals surface area contributed by atoms with E-state index in [1.165, 1.54) is 32.4 Å². The molecule has 2 fully saturated rings. The van der Waals surface area contributed by atoms with Crippen LogP contribution in [-0.4, -0.2) is 75.3 Å². The second-order valence-corrected chi connectivity index (χ2v) is 6.87. The zero-order valence-electron chi connectivity index (χ0n) is 15.1. The van der Waals surface area contributed by atoms with E-state index in [2.05, 4.69) is 36.0 Å². The number of nitrogens with zero attached hydrogens (tertiary/aromatic N) is 3. The molecule has 0 radical (unpaired) electrons. The highest BCUT2D eigenvalue weighted by molar-refractivity contribution is 14.0. The Balaban J connectivity index is 0.00000264. The van der Waals surface area contributed by atoms with Crippen molar-refractivity contribution in [1.82, 2.24) is 15.1 Å². The van der Waals surface area contributed by atoms with Crippen LogP contribution in [0.4, 0.5) is 0 Å². The van der Waals surface area contributed by atoms with Crippen molar-refractivity contribution >= 4 is 29.9 Å². The number of ether oxygens (including phenoxy) is 1. The Morgan fingerprint density at radius 2 is 2.04 bits per heavy atom. The van der Waals surface area contributed by atoms with Gasteiger partial charge >= 0.3 is 0 Å². The zero-order valence-corrected chi connectivity index (χ0v) is 17.4. The smallest absolute Gasteiger partial charge is 0.193 e. The predicted molar refractivity (Wildman–Crippen MR) is 108 cm³/mol. The molecule has 1 unspecified atom stereocenters. The summed E-state index contributed by atoms with van der Waals surface area (Å²) in [7, 11) is 2.14. The minimum absolute atomic E-state index is 0. The molecule has 0 spiro atoms. The van der Waals surface area contributed by atoms with Gasteiger partial charge in [-0.1, -0.05) is 6.92 Å². The molecule has 0 aliphatic carbocycles. The maximum Gasteiger partial charge on any atom is 0.193 e. The molecule has 0 amide bonds. The first-order valence-corrected chi connectivity index (χ1v) is 8.98. The van der Waals surface area contributed by atoms with E-state index in [1.54, 1.807) is 0 Å². The van der Waals surface area contributed by atoms with E-state index in [1.807, 2.05) is 0 Å². The van der Waals surface area contributed by atoms with Gasteiger partial charge in [-0.3, -0.25) is 4.99 Å². The lowest BCUT2D eigenvalue weighted by atomic mass is 9.99. The molecule has 0 bridgehead atoms. The van der Waals surface area contributed by atoms with Crippen LogP contribution in [0.2, 0.25) is 0 Å². The molecule has 136 valence electrons. The number of rotatable bonds is 6. The van der Waals surface area contributed by atoms with Gasteiger partial charge < -0.3 is 19.9 Å². The third-order valence-corrected chi connectivity index (χ3v) is 4.81. The predicted octanol–water partition coefficient (Wildman–Crippen LogP) is 2.27. The molecule has 2 rings (SSSR count). The maximum absolute atomic E-state index is 5.47. The molecule has 23 heavy (non-hydrogen) atoms. The molecule has 1 atom stereocenters. The minimum Gasteiger partial charge on any atom is -0.381 e. The summed E-state index contributed by atoms with van der Waals surface area (Å²) in [6.45, 7) is 12.7. The first-order valence-electron chi connectivity index (χ1n) is 8.98. The van der Waals surface area contributed by atoms with Crippen LogP contribution < -0.4 is 5.32 Å². The normalized spacial score (nSPS) is 23.6. The quantitative estimate of drug-likeness (QED) is 0.393. The highest BCUT2D eigenvalue weighted by Crippen LogP contribution is 2.15. The van der Waals surface area contributed by atoms with E-state index in [0.717, 1.165) is 51.3 Å². The molecule has 2 aliphatic heterocycles. The molecule has 0 saturated carbocycles. The largest absolute Gasteiger partial charge is 0.381 e. The summed E-state index contributed by atoms with van der Waals surface area (Å²) >= 11 is 0. The number of nitrogens with one attached hydrogen (secondary N) is 1. The first kappa shape index (κ1) is 21.0. The molecule has 2 heterocycles. The lowest BCUT2D eigenvalue weighted by Gasteiger charge is -2.30. The van der Waals surface area contributed by atoms with Gasteiger partial charge in [-0.15, -0.1) is 24.0 Å². The van der Waals surface area contributed by atoms with Gasteiger partial charge in [0.2, 0.25) is 0 Å². The van der Waals surface area contributed by atoms with E-state index in [4.69, 9.17) is 9.73 Å². The number of likely N-dealkylation sites (tertiary alicyclic amines) is 1. The van der Waals surface area contributed by atoms with E-state index in [0.29, 0.717) is 5.92 Å². The van der Waals surface area contributed by atoms with Gasteiger partial charge in [0, 0.05) is 39.2 Å². The van der Waals surface area contributed by atoms with Gasteiger partial charge in [-0.2, -0.15) is 0 Å². The second-order valence-electron chi connectivity index (χ2n) is 6.87. The summed E-state index contributed by atoms with van der Waals surface area (Å²) in [6, 6.07) is 0. The molecule has 0 aromatic carbocycles. The summed E-state index contributed by atoms with van der Waals surface area (Å²) < 4.78 is 5.47. The third kappa shape index (κ3) is 7.56. The first-order chi connectivity index (χ1) is 10.7. The van der Waals surface area contributed by atoms with Gasteiger partial charge in [-0.05, 0) is 45.2 Å². The fourth-order valence-corrected chi connectivity index (χ4v) is 3.25. The number of piperidine rings is 1. The second kappa shape index (κ2) is 11.5. The van der Waals surface area contributed by atoms with Crippen molar-refractivity contribution in [3.8, 4) is 0 Å². The molecule has 5 nitrogen and oxygen atoms in total. The summed E-state index contributed by atoms with van der Waals surface area (Å²) in [5, 5.41) is 3.42. The van der Waals surface area contributed by atoms with E-state index in [-0.39, 0.29) is 24.0 Å². The van der Waals surface area contributed by atoms with Crippen LogP contribution in [0.1, 0.15) is 33.1 Å². The van der Waals surface area contributed by atoms with Crippen molar-refractivity contribution in [2.24, 2.45) is 16.8 Å². The standard InChI is InChI=1S/C17H34N4O.HI/c1-4-18-17(20(3)13-16-7-12-22-14-16)19-8-11-21-9-5-15(2)6-10-21;/h15-16H,4-14H2,1-3H3,(H,18,19);1H. The van der Waals surface area contributed by atoms with Crippen LogP contribution in [-0.2, 0) is 4.74 Å². The number of guanidine groups is 1. The van der Waals surface area contributed by atoms with Gasteiger partial charge in [-0.25, -0.2) is 0 Å². The Bertz CT molecular complexity index is 339. The van der Waals surface area contributed by atoms with Crippen LogP contribution in [0.5, 0.6) is 0 Å². The topological polar surface area (TPSA) is 40.1 Å². The third-order valence-electron chi connectivity index (χ3n) is 4.81. The summed E-state index contributed by atoms with van der Waals surface area (Å²) in [5.74, 6) is 2.59. The highest BCUT2D eigenvalue weighted by Gasteiger charge is 2.19. The molecule has 1 N–H and O–H groups in total. The highest BCUT2D eigenvalue weighted by atomic mass is 127. The summed E-state index contributed by atoms with van der Waals surface area (Å²) in [5.41, 5.74) is 0. The van der Waals surface area contributed by atoms with Gasteiger partial charge in [0.25, 0.3) is 0 Å². The average molecular weight is 438 g/mol. The molecular weight excluding hydrogens is 403 g/mol. The van der Waals surface area contributed by atoms with Crippen molar-refractivity contribution in [2.45, 2.75) is 33.1 Å². The number of hydrogen-bond donors (Lipinski definition) is 1. The molecular formula is C17H35IN4O. The fourth-order valence-electron chi connectivity index (χ4n) is 3.25. The van der Waals surface area contributed by atoms with Crippen molar-refractivity contribution in [3.63, 3.8) is 0 Å². The summed E-state index contributed by atoms with van der Waals surface area (Å²) in [4.78, 5) is 9.64. The lowest BCUT2D eigenvalue weighted by molar-refractivity contribution is 0.181. The molecule has 2 saturated heterocycles. The summed E-state index contributed by atoms with van der Waals surface area (Å²) in [6.07, 6.45) is 3.85. The van der Waals surface area contributed by atoms with Crippen LogP contribution in [0.25, 0.3) is 0 Å². The number of halogens is 1. The Hall–Kier alpha value is -0.0800. The zero-order chi connectivity index (χ0) is 15.8. The lowest BCUT2D eigenvalue weighted by Crippen LogP contribution is -2.42. The fraction of sp³-hybridized carbons (Fsp3) is 0.941. The monoisotopic (exact) mass is 438 g/mol. The minimum atomic E-state index is 0. The Labute approximate surface area is 159 Å².